The Hall–Kier alpha value is -1.65. The Morgan fingerprint density at radius 2 is 2.00 bits per heavy atom. The predicted octanol–water partition coefficient (Wildman–Crippen LogP) is 2.97. The molecule has 1 aliphatic rings. The van der Waals surface area contributed by atoms with Crippen LogP contribution in [0, 0.1) is 20.8 Å². The molecule has 1 heterocycles. The Morgan fingerprint density at radius 1 is 1.26 bits per heavy atom. The third-order valence-corrected chi connectivity index (χ3v) is 4.94. The Labute approximate surface area is 138 Å². The summed E-state index contributed by atoms with van der Waals surface area (Å²) >= 11 is 0. The molecule has 0 radical (unpaired) electrons. The number of aliphatic hydroxyl groups excluding tert-OH is 1. The third-order valence-electron chi connectivity index (χ3n) is 4.94. The van der Waals surface area contributed by atoms with E-state index in [4.69, 9.17) is 5.11 Å². The van der Waals surface area contributed by atoms with Crippen LogP contribution in [0.3, 0.4) is 0 Å². The zero-order chi connectivity index (χ0) is 16.4. The van der Waals surface area contributed by atoms with E-state index in [-0.39, 0.29) is 6.61 Å². The quantitative estimate of drug-likeness (QED) is 0.892. The Kier molecular flexibility index (Phi) is 4.83. The molecule has 0 saturated heterocycles. The lowest BCUT2D eigenvalue weighted by Gasteiger charge is -2.25. The molecule has 0 spiro atoms. The topological polar surface area (TPSA) is 50.1 Å². The number of aliphatic hydroxyl groups is 1. The van der Waals surface area contributed by atoms with Crippen molar-refractivity contribution < 1.29 is 5.11 Å². The van der Waals surface area contributed by atoms with Crippen LogP contribution in [0.1, 0.15) is 52.4 Å². The monoisotopic (exact) mass is 313 g/mol. The van der Waals surface area contributed by atoms with Gasteiger partial charge in [0.1, 0.15) is 0 Å². The molecule has 3 rings (SSSR count). The van der Waals surface area contributed by atoms with Gasteiger partial charge in [-0.1, -0.05) is 17.7 Å². The largest absolute Gasteiger partial charge is 0.394 e. The van der Waals surface area contributed by atoms with Gasteiger partial charge in [-0.3, -0.25) is 4.68 Å². The number of hydrogen-bond acceptors (Lipinski definition) is 3. The molecule has 2 aromatic rings. The first-order valence-electron chi connectivity index (χ1n) is 8.55. The molecule has 23 heavy (non-hydrogen) atoms. The molecular weight excluding hydrogens is 286 g/mol. The Bertz CT molecular complexity index is 667. The summed E-state index contributed by atoms with van der Waals surface area (Å²) in [6.07, 6.45) is 5.38. The minimum absolute atomic E-state index is 0.147. The SMILES string of the molecule is Cc1cc(C)c(CN[C@@H]2CCCc3c2cnn3CCO)c(C)c1. The Morgan fingerprint density at radius 3 is 2.70 bits per heavy atom. The fourth-order valence-electron chi connectivity index (χ4n) is 3.83. The van der Waals surface area contributed by atoms with Crippen molar-refractivity contribution in [2.45, 2.75) is 59.2 Å². The number of hydrogen-bond donors (Lipinski definition) is 2. The van der Waals surface area contributed by atoms with E-state index in [0.717, 1.165) is 19.4 Å². The van der Waals surface area contributed by atoms with Gasteiger partial charge in [-0.15, -0.1) is 0 Å². The summed E-state index contributed by atoms with van der Waals surface area (Å²) < 4.78 is 1.96. The zero-order valence-electron chi connectivity index (χ0n) is 14.4. The average Bonchev–Trinajstić information content (AvgIpc) is 2.91. The van der Waals surface area contributed by atoms with Crippen LogP contribution in [-0.4, -0.2) is 21.5 Å². The van der Waals surface area contributed by atoms with Crippen LogP contribution < -0.4 is 5.32 Å². The van der Waals surface area contributed by atoms with Gasteiger partial charge in [0.25, 0.3) is 0 Å². The van der Waals surface area contributed by atoms with Gasteiger partial charge in [0.15, 0.2) is 0 Å². The number of nitrogens with zero attached hydrogens (tertiary/aromatic N) is 2. The fraction of sp³-hybridized carbons (Fsp3) is 0.526. The maximum Gasteiger partial charge on any atom is 0.0644 e. The summed E-state index contributed by atoms with van der Waals surface area (Å²) in [6, 6.07) is 4.89. The minimum Gasteiger partial charge on any atom is -0.394 e. The van der Waals surface area contributed by atoms with E-state index in [1.807, 2.05) is 10.9 Å². The highest BCUT2D eigenvalue weighted by Crippen LogP contribution is 2.30. The molecule has 4 heteroatoms. The van der Waals surface area contributed by atoms with Crippen LogP contribution in [0.5, 0.6) is 0 Å². The van der Waals surface area contributed by atoms with Gasteiger partial charge in [-0.25, -0.2) is 0 Å². The van der Waals surface area contributed by atoms with Crippen LogP contribution in [0.4, 0.5) is 0 Å². The van der Waals surface area contributed by atoms with Crippen LogP contribution in [0.15, 0.2) is 18.3 Å². The van der Waals surface area contributed by atoms with Crippen LogP contribution in [0.2, 0.25) is 0 Å². The zero-order valence-corrected chi connectivity index (χ0v) is 14.4. The van der Waals surface area contributed by atoms with Crippen molar-refractivity contribution >= 4 is 0 Å². The van der Waals surface area contributed by atoms with Crippen molar-refractivity contribution in [3.05, 3.63) is 51.8 Å². The minimum atomic E-state index is 0.147. The number of rotatable bonds is 5. The van der Waals surface area contributed by atoms with Crippen molar-refractivity contribution in [3.63, 3.8) is 0 Å². The van der Waals surface area contributed by atoms with Gasteiger partial charge < -0.3 is 10.4 Å². The van der Waals surface area contributed by atoms with Crippen molar-refractivity contribution in [1.29, 1.82) is 0 Å². The second-order valence-electron chi connectivity index (χ2n) is 6.70. The molecule has 1 aliphatic carbocycles. The first kappa shape index (κ1) is 16.2. The lowest BCUT2D eigenvalue weighted by molar-refractivity contribution is 0.266. The van der Waals surface area contributed by atoms with Gasteiger partial charge in [0.05, 0.1) is 19.3 Å². The smallest absolute Gasteiger partial charge is 0.0644 e. The van der Waals surface area contributed by atoms with E-state index in [0.29, 0.717) is 12.6 Å². The molecule has 2 N–H and O–H groups in total. The van der Waals surface area contributed by atoms with E-state index in [9.17, 15) is 0 Å². The molecule has 124 valence electrons. The fourth-order valence-corrected chi connectivity index (χ4v) is 3.83. The number of benzene rings is 1. The van der Waals surface area contributed by atoms with Crippen molar-refractivity contribution in [2.75, 3.05) is 6.61 Å². The highest BCUT2D eigenvalue weighted by Gasteiger charge is 2.24. The lowest BCUT2D eigenvalue weighted by atomic mass is 9.92. The second-order valence-corrected chi connectivity index (χ2v) is 6.70. The normalized spacial score (nSPS) is 17.3. The molecule has 0 aliphatic heterocycles. The summed E-state index contributed by atoms with van der Waals surface area (Å²) in [4.78, 5) is 0. The molecular formula is C19H27N3O. The number of nitrogens with one attached hydrogen (secondary N) is 1. The maximum atomic E-state index is 9.16. The van der Waals surface area contributed by atoms with Gasteiger partial charge in [0, 0.05) is 23.8 Å². The summed E-state index contributed by atoms with van der Waals surface area (Å²) in [6.45, 7) is 8.19. The molecule has 0 unspecified atom stereocenters. The summed E-state index contributed by atoms with van der Waals surface area (Å²) in [5, 5.41) is 17.4. The van der Waals surface area contributed by atoms with Crippen molar-refractivity contribution in [2.24, 2.45) is 0 Å². The molecule has 1 aromatic heterocycles. The summed E-state index contributed by atoms with van der Waals surface area (Å²) in [5.41, 5.74) is 8.07. The molecule has 0 bridgehead atoms. The average molecular weight is 313 g/mol. The van der Waals surface area contributed by atoms with E-state index >= 15 is 0 Å². The first-order chi connectivity index (χ1) is 11.1. The van der Waals surface area contributed by atoms with E-state index < -0.39 is 0 Å². The van der Waals surface area contributed by atoms with Crippen LogP contribution >= 0.6 is 0 Å². The molecule has 0 amide bonds. The molecule has 4 nitrogen and oxygen atoms in total. The Balaban J connectivity index is 1.76. The summed E-state index contributed by atoms with van der Waals surface area (Å²) in [5.74, 6) is 0. The van der Waals surface area contributed by atoms with E-state index in [1.54, 1.807) is 0 Å². The molecule has 0 fully saturated rings. The first-order valence-corrected chi connectivity index (χ1v) is 8.55. The molecule has 1 aromatic carbocycles. The number of aryl methyl sites for hydroxylation is 3. The van der Waals surface area contributed by atoms with Gasteiger partial charge in [-0.2, -0.15) is 5.10 Å². The number of aromatic nitrogens is 2. The summed E-state index contributed by atoms with van der Waals surface area (Å²) in [7, 11) is 0. The van der Waals surface area contributed by atoms with Gasteiger partial charge in [0.2, 0.25) is 0 Å². The highest BCUT2D eigenvalue weighted by molar-refractivity contribution is 5.37. The predicted molar refractivity (Wildman–Crippen MR) is 92.5 cm³/mol. The number of fused-ring (bicyclic) bond motifs is 1. The standard InChI is InChI=1S/C19H27N3O/c1-13-9-14(2)16(15(3)10-13)11-20-18-5-4-6-19-17(18)12-21-22(19)7-8-23/h9-10,12,18,20,23H,4-8,11H2,1-3H3/t18-/m1/s1. The molecule has 0 saturated carbocycles. The van der Waals surface area contributed by atoms with Crippen molar-refractivity contribution in [1.82, 2.24) is 15.1 Å². The second kappa shape index (κ2) is 6.85. The van der Waals surface area contributed by atoms with Crippen molar-refractivity contribution in [3.8, 4) is 0 Å². The third kappa shape index (κ3) is 3.33. The van der Waals surface area contributed by atoms with Crippen LogP contribution in [-0.2, 0) is 19.5 Å². The molecule has 1 atom stereocenters. The van der Waals surface area contributed by atoms with E-state index in [1.165, 1.54) is 39.9 Å². The van der Waals surface area contributed by atoms with Gasteiger partial charge >= 0.3 is 0 Å². The van der Waals surface area contributed by atoms with E-state index in [2.05, 4.69) is 43.3 Å². The maximum absolute atomic E-state index is 9.16. The van der Waals surface area contributed by atoms with Gasteiger partial charge in [-0.05, 0) is 56.7 Å². The highest BCUT2D eigenvalue weighted by atomic mass is 16.3. The lowest BCUT2D eigenvalue weighted by Crippen LogP contribution is -2.26. The van der Waals surface area contributed by atoms with Crippen LogP contribution in [0.25, 0.3) is 0 Å².